The maximum Gasteiger partial charge on any atom is 0.0713 e. The number of aromatic nitrogens is 1. The molecule has 1 aromatic carbocycles. The predicted octanol–water partition coefficient (Wildman–Crippen LogP) is 3.98. The zero-order valence-electron chi connectivity index (χ0n) is 8.82. The Morgan fingerprint density at radius 2 is 1.79 bits per heavy atom. The van der Waals surface area contributed by atoms with E-state index in [1.165, 1.54) is 10.3 Å². The Kier molecular flexibility index (Phi) is 4.47. The predicted molar refractivity (Wildman–Crippen MR) is 64.9 cm³/mol. The number of rotatable bonds is 1. The average Bonchev–Trinajstić information content (AvgIpc) is 2.31. The van der Waals surface area contributed by atoms with Gasteiger partial charge in [0.05, 0.1) is 5.52 Å². The van der Waals surface area contributed by atoms with Crippen molar-refractivity contribution in [1.82, 2.24) is 4.98 Å². The van der Waals surface area contributed by atoms with Crippen molar-refractivity contribution in [2.75, 3.05) is 6.26 Å². The quantitative estimate of drug-likeness (QED) is 0.653. The lowest BCUT2D eigenvalue weighted by molar-refractivity contribution is 1.36. The Labute approximate surface area is 89.6 Å². The Hall–Kier alpha value is -1.02. The van der Waals surface area contributed by atoms with Gasteiger partial charge in [-0.2, -0.15) is 0 Å². The first kappa shape index (κ1) is 11.1. The number of pyridine rings is 1. The van der Waals surface area contributed by atoms with Gasteiger partial charge in [-0.3, -0.25) is 4.98 Å². The SMILES string of the molecule is CC.CSc1ccnc2ccccc12. The fraction of sp³-hybridized carbons (Fsp3) is 0.250. The molecule has 1 aromatic heterocycles. The van der Waals surface area contributed by atoms with Crippen molar-refractivity contribution in [3.8, 4) is 0 Å². The van der Waals surface area contributed by atoms with Gasteiger partial charge in [-0.05, 0) is 18.4 Å². The number of thioether (sulfide) groups is 1. The second-order valence-electron chi connectivity index (χ2n) is 2.53. The summed E-state index contributed by atoms with van der Waals surface area (Å²) in [6.45, 7) is 4.00. The highest BCUT2D eigenvalue weighted by Gasteiger charge is 1.97. The lowest BCUT2D eigenvalue weighted by atomic mass is 10.2. The van der Waals surface area contributed by atoms with Gasteiger partial charge in [0.25, 0.3) is 0 Å². The Balaban J connectivity index is 0.000000461. The van der Waals surface area contributed by atoms with Crippen molar-refractivity contribution >= 4 is 22.7 Å². The van der Waals surface area contributed by atoms with Crippen LogP contribution in [0.5, 0.6) is 0 Å². The lowest BCUT2D eigenvalue weighted by Crippen LogP contribution is -1.79. The Morgan fingerprint density at radius 1 is 1.07 bits per heavy atom. The second kappa shape index (κ2) is 5.66. The molecule has 2 rings (SSSR count). The van der Waals surface area contributed by atoms with Crippen LogP contribution in [0.3, 0.4) is 0 Å². The summed E-state index contributed by atoms with van der Waals surface area (Å²) in [6, 6.07) is 10.2. The monoisotopic (exact) mass is 205 g/mol. The maximum atomic E-state index is 4.28. The van der Waals surface area contributed by atoms with Crippen molar-refractivity contribution in [1.29, 1.82) is 0 Å². The third-order valence-corrected chi connectivity index (χ3v) is 2.62. The van der Waals surface area contributed by atoms with Crippen LogP contribution in [0.15, 0.2) is 41.4 Å². The van der Waals surface area contributed by atoms with Gasteiger partial charge in [0.15, 0.2) is 0 Å². The standard InChI is InChI=1S/C10H9NS.C2H6/c1-12-10-6-7-11-9-5-3-2-4-8(9)10;1-2/h2-7H,1H3;1-2H3. The molecular weight excluding hydrogens is 190 g/mol. The molecule has 0 radical (unpaired) electrons. The molecule has 14 heavy (non-hydrogen) atoms. The maximum absolute atomic E-state index is 4.28. The number of fused-ring (bicyclic) bond motifs is 1. The van der Waals surface area contributed by atoms with Crippen LogP contribution in [0.2, 0.25) is 0 Å². The van der Waals surface area contributed by atoms with E-state index in [9.17, 15) is 0 Å². The number of nitrogens with zero attached hydrogens (tertiary/aromatic N) is 1. The molecule has 2 aromatic rings. The van der Waals surface area contributed by atoms with Crippen LogP contribution in [-0.2, 0) is 0 Å². The zero-order valence-corrected chi connectivity index (χ0v) is 9.64. The smallest absolute Gasteiger partial charge is 0.0713 e. The minimum absolute atomic E-state index is 1.07. The van der Waals surface area contributed by atoms with Gasteiger partial charge in [0.2, 0.25) is 0 Å². The summed E-state index contributed by atoms with van der Waals surface area (Å²) in [7, 11) is 0. The largest absolute Gasteiger partial charge is 0.256 e. The summed E-state index contributed by atoms with van der Waals surface area (Å²) < 4.78 is 0. The highest BCUT2D eigenvalue weighted by molar-refractivity contribution is 7.98. The molecule has 0 saturated heterocycles. The Bertz CT molecular complexity index is 393. The third-order valence-electron chi connectivity index (χ3n) is 1.83. The van der Waals surface area contributed by atoms with E-state index in [-0.39, 0.29) is 0 Å². The van der Waals surface area contributed by atoms with E-state index in [0.29, 0.717) is 0 Å². The van der Waals surface area contributed by atoms with E-state index in [0.717, 1.165) is 5.52 Å². The van der Waals surface area contributed by atoms with Crippen molar-refractivity contribution in [3.05, 3.63) is 36.5 Å². The summed E-state index contributed by atoms with van der Waals surface area (Å²) >= 11 is 1.76. The first-order valence-electron chi connectivity index (χ1n) is 4.79. The van der Waals surface area contributed by atoms with Crippen molar-refractivity contribution in [2.24, 2.45) is 0 Å². The summed E-state index contributed by atoms with van der Waals surface area (Å²) in [6.07, 6.45) is 3.94. The average molecular weight is 205 g/mol. The summed E-state index contributed by atoms with van der Waals surface area (Å²) in [5.41, 5.74) is 1.07. The van der Waals surface area contributed by atoms with Crippen LogP contribution in [0.1, 0.15) is 13.8 Å². The van der Waals surface area contributed by atoms with Gasteiger partial charge in [-0.1, -0.05) is 32.0 Å². The van der Waals surface area contributed by atoms with Crippen LogP contribution in [0.25, 0.3) is 10.9 Å². The molecule has 0 aliphatic rings. The van der Waals surface area contributed by atoms with E-state index in [2.05, 4.69) is 17.3 Å². The summed E-state index contributed by atoms with van der Waals surface area (Å²) in [5, 5.41) is 1.24. The fourth-order valence-corrected chi connectivity index (χ4v) is 1.84. The van der Waals surface area contributed by atoms with Crippen LogP contribution in [-0.4, -0.2) is 11.2 Å². The van der Waals surface area contributed by atoms with E-state index < -0.39 is 0 Å². The highest BCUT2D eigenvalue weighted by atomic mass is 32.2. The molecule has 74 valence electrons. The topological polar surface area (TPSA) is 12.9 Å². The molecule has 0 bridgehead atoms. The zero-order chi connectivity index (χ0) is 10.4. The third kappa shape index (κ3) is 2.26. The van der Waals surface area contributed by atoms with Gasteiger partial charge >= 0.3 is 0 Å². The van der Waals surface area contributed by atoms with E-state index in [4.69, 9.17) is 0 Å². The molecule has 0 aliphatic carbocycles. The number of benzene rings is 1. The minimum atomic E-state index is 1.07. The van der Waals surface area contributed by atoms with Gasteiger partial charge in [0, 0.05) is 16.5 Å². The normalized spacial score (nSPS) is 9.36. The van der Waals surface area contributed by atoms with E-state index in [1.807, 2.05) is 44.3 Å². The molecule has 2 heteroatoms. The summed E-state index contributed by atoms with van der Waals surface area (Å²) in [4.78, 5) is 5.57. The molecule has 0 aliphatic heterocycles. The molecular formula is C12H15NS. The van der Waals surface area contributed by atoms with Crippen LogP contribution < -0.4 is 0 Å². The first-order chi connectivity index (χ1) is 6.92. The number of para-hydroxylation sites is 1. The van der Waals surface area contributed by atoms with Gasteiger partial charge < -0.3 is 0 Å². The molecule has 0 N–H and O–H groups in total. The number of hydrogen-bond donors (Lipinski definition) is 0. The van der Waals surface area contributed by atoms with Gasteiger partial charge in [-0.25, -0.2) is 0 Å². The molecule has 0 amide bonds. The molecule has 0 spiro atoms. The van der Waals surface area contributed by atoms with Crippen molar-refractivity contribution in [3.63, 3.8) is 0 Å². The number of hydrogen-bond acceptors (Lipinski definition) is 2. The molecule has 0 unspecified atom stereocenters. The molecule has 1 heterocycles. The van der Waals surface area contributed by atoms with Crippen LogP contribution in [0, 0.1) is 0 Å². The van der Waals surface area contributed by atoms with E-state index in [1.54, 1.807) is 11.8 Å². The van der Waals surface area contributed by atoms with Crippen molar-refractivity contribution < 1.29 is 0 Å². The summed E-state index contributed by atoms with van der Waals surface area (Å²) in [5.74, 6) is 0. The molecule has 0 atom stereocenters. The lowest BCUT2D eigenvalue weighted by Gasteiger charge is -2.00. The minimum Gasteiger partial charge on any atom is -0.256 e. The molecule has 0 fully saturated rings. The highest BCUT2D eigenvalue weighted by Crippen LogP contribution is 2.23. The van der Waals surface area contributed by atoms with Crippen LogP contribution >= 0.6 is 11.8 Å². The van der Waals surface area contributed by atoms with E-state index >= 15 is 0 Å². The van der Waals surface area contributed by atoms with Crippen molar-refractivity contribution in [2.45, 2.75) is 18.7 Å². The second-order valence-corrected chi connectivity index (χ2v) is 3.38. The van der Waals surface area contributed by atoms with Crippen LogP contribution in [0.4, 0.5) is 0 Å². The molecule has 0 saturated carbocycles. The van der Waals surface area contributed by atoms with Gasteiger partial charge in [-0.15, -0.1) is 11.8 Å². The van der Waals surface area contributed by atoms with Gasteiger partial charge in [0.1, 0.15) is 0 Å². The fourth-order valence-electron chi connectivity index (χ4n) is 1.25. The Morgan fingerprint density at radius 3 is 2.50 bits per heavy atom. The first-order valence-corrected chi connectivity index (χ1v) is 6.02. The molecule has 1 nitrogen and oxygen atoms in total.